The molecule has 3 saturated carbocycles. The van der Waals surface area contributed by atoms with E-state index in [2.05, 4.69) is 33.8 Å². The largest absolute Gasteiger partial charge is 0.513 e. The van der Waals surface area contributed by atoms with Crippen LogP contribution in [0.25, 0.3) is 0 Å². The molecule has 2 nitrogen and oxygen atoms in total. The molecule has 0 aliphatic heterocycles. The molecule has 4 rings (SSSR count). The quantitative estimate of drug-likeness (QED) is 0.523. The van der Waals surface area contributed by atoms with Gasteiger partial charge in [0.1, 0.15) is 0 Å². The van der Waals surface area contributed by atoms with Gasteiger partial charge in [-0.1, -0.05) is 34.1 Å². The van der Waals surface area contributed by atoms with Crippen molar-refractivity contribution >= 4 is 0 Å². The van der Waals surface area contributed by atoms with Crippen molar-refractivity contribution in [3.8, 4) is 0 Å². The molecule has 0 aromatic carbocycles. The monoisotopic (exact) mass is 374 g/mol. The fourth-order valence-corrected chi connectivity index (χ4v) is 8.29. The van der Waals surface area contributed by atoms with Crippen molar-refractivity contribution in [1.29, 1.82) is 0 Å². The molecule has 3 fully saturated rings. The molecule has 0 radical (unpaired) electrons. The maximum absolute atomic E-state index is 10.1. The van der Waals surface area contributed by atoms with Crippen molar-refractivity contribution in [2.75, 3.05) is 6.61 Å². The normalized spacial score (nSPS) is 49.1. The minimum Gasteiger partial charge on any atom is -0.513 e. The Hall–Kier alpha value is -0.500. The molecule has 0 bridgehead atoms. The zero-order valence-electron chi connectivity index (χ0n) is 18.2. The number of fused-ring (bicyclic) bond motifs is 5. The second kappa shape index (κ2) is 7.08. The zero-order valence-corrected chi connectivity index (χ0v) is 18.2. The third kappa shape index (κ3) is 2.83. The molecule has 0 amide bonds. The second-order valence-electron chi connectivity index (χ2n) is 10.8. The van der Waals surface area contributed by atoms with E-state index in [1.807, 2.05) is 0 Å². The molecule has 0 heterocycles. The summed E-state index contributed by atoms with van der Waals surface area (Å²) in [6.45, 7) is 10.7. The van der Waals surface area contributed by atoms with Gasteiger partial charge in [-0.25, -0.2) is 0 Å². The van der Waals surface area contributed by atoms with Gasteiger partial charge in [-0.15, -0.1) is 0 Å². The number of aliphatic hydroxyl groups excluding tert-OH is 1. The average Bonchev–Trinajstić information content (AvgIpc) is 2.95. The Labute approximate surface area is 167 Å². The van der Waals surface area contributed by atoms with Gasteiger partial charge in [-0.2, -0.15) is 0 Å². The lowest BCUT2D eigenvalue weighted by Crippen LogP contribution is -2.56. The van der Waals surface area contributed by atoms with Gasteiger partial charge in [0.2, 0.25) is 0 Å². The maximum Gasteiger partial charge on any atom is 0.0886 e. The van der Waals surface area contributed by atoms with E-state index in [0.717, 1.165) is 37.2 Å². The van der Waals surface area contributed by atoms with Crippen molar-refractivity contribution in [3.63, 3.8) is 0 Å². The Morgan fingerprint density at radius 1 is 1.07 bits per heavy atom. The highest BCUT2D eigenvalue weighted by Crippen LogP contribution is 2.69. The minimum atomic E-state index is 0.125. The third-order valence-electron chi connectivity index (χ3n) is 10.0. The third-order valence-corrected chi connectivity index (χ3v) is 10.0. The van der Waals surface area contributed by atoms with E-state index < -0.39 is 0 Å². The Kier molecular flexibility index (Phi) is 5.19. The number of ether oxygens (including phenoxy) is 1. The molecule has 1 unspecified atom stereocenters. The summed E-state index contributed by atoms with van der Waals surface area (Å²) >= 11 is 0. The summed E-state index contributed by atoms with van der Waals surface area (Å²) in [5, 5.41) is 10.1. The second-order valence-corrected chi connectivity index (χ2v) is 10.8. The first kappa shape index (κ1) is 19.8. The summed E-state index contributed by atoms with van der Waals surface area (Å²) in [6.07, 6.45) is 15.8. The van der Waals surface area contributed by atoms with Crippen molar-refractivity contribution < 1.29 is 9.84 Å². The van der Waals surface area contributed by atoms with Crippen LogP contribution in [-0.2, 0) is 4.74 Å². The Morgan fingerprint density at radius 3 is 2.59 bits per heavy atom. The van der Waals surface area contributed by atoms with Gasteiger partial charge in [0, 0.05) is 13.0 Å². The Bertz CT molecular complexity index is 583. The molecule has 27 heavy (non-hydrogen) atoms. The predicted molar refractivity (Wildman–Crippen MR) is 112 cm³/mol. The summed E-state index contributed by atoms with van der Waals surface area (Å²) < 4.78 is 6.74. The highest BCUT2D eigenvalue weighted by atomic mass is 16.5. The van der Waals surface area contributed by atoms with Crippen LogP contribution in [0.1, 0.15) is 98.3 Å². The van der Waals surface area contributed by atoms with E-state index in [0.29, 0.717) is 22.5 Å². The van der Waals surface area contributed by atoms with Gasteiger partial charge in [0.15, 0.2) is 0 Å². The van der Waals surface area contributed by atoms with Crippen molar-refractivity contribution in [2.24, 2.45) is 34.5 Å². The van der Waals surface area contributed by atoms with Gasteiger partial charge in [0.25, 0.3) is 0 Å². The molecular formula is C25H42O2. The van der Waals surface area contributed by atoms with Crippen LogP contribution in [-0.4, -0.2) is 17.3 Å². The first-order chi connectivity index (χ1) is 12.9. The topological polar surface area (TPSA) is 29.5 Å². The van der Waals surface area contributed by atoms with Crippen LogP contribution in [0.3, 0.4) is 0 Å². The van der Waals surface area contributed by atoms with E-state index in [4.69, 9.17) is 4.74 Å². The fraction of sp³-hybridized carbons (Fsp3) is 0.920. The van der Waals surface area contributed by atoms with E-state index in [9.17, 15) is 5.11 Å². The highest BCUT2D eigenvalue weighted by Gasteiger charge is 2.64. The minimum absolute atomic E-state index is 0.125. The van der Waals surface area contributed by atoms with E-state index in [1.54, 1.807) is 0 Å². The summed E-state index contributed by atoms with van der Waals surface area (Å²) in [6, 6.07) is 0. The van der Waals surface area contributed by atoms with Gasteiger partial charge in [0.05, 0.1) is 11.4 Å². The number of unbranched alkanes of at least 4 members (excludes halogenated alkanes) is 1. The summed E-state index contributed by atoms with van der Waals surface area (Å²) in [5.74, 6) is 3.93. The number of hydrogen-bond donors (Lipinski definition) is 1. The average molecular weight is 375 g/mol. The smallest absolute Gasteiger partial charge is 0.0886 e. The fourth-order valence-electron chi connectivity index (χ4n) is 8.29. The molecule has 0 spiro atoms. The lowest BCUT2D eigenvalue weighted by molar-refractivity contribution is -0.172. The maximum atomic E-state index is 10.1. The van der Waals surface area contributed by atoms with E-state index in [-0.39, 0.29) is 5.60 Å². The van der Waals surface area contributed by atoms with Crippen LogP contribution in [0.4, 0.5) is 0 Å². The molecule has 154 valence electrons. The number of rotatable bonds is 5. The van der Waals surface area contributed by atoms with Crippen LogP contribution in [0.5, 0.6) is 0 Å². The molecule has 0 aromatic heterocycles. The van der Waals surface area contributed by atoms with Crippen LogP contribution >= 0.6 is 0 Å². The van der Waals surface area contributed by atoms with Gasteiger partial charge in [-0.05, 0) is 98.4 Å². The van der Waals surface area contributed by atoms with Crippen molar-refractivity contribution in [3.05, 3.63) is 11.8 Å². The number of allylic oxidation sites excluding steroid dienone is 2. The Balaban J connectivity index is 1.58. The lowest BCUT2D eigenvalue weighted by atomic mass is 9.45. The van der Waals surface area contributed by atoms with Crippen LogP contribution in [0.15, 0.2) is 11.8 Å². The molecule has 0 saturated heterocycles. The first-order valence-corrected chi connectivity index (χ1v) is 11.9. The summed E-state index contributed by atoms with van der Waals surface area (Å²) in [7, 11) is 0. The van der Waals surface area contributed by atoms with E-state index in [1.165, 1.54) is 57.8 Å². The SMILES string of the molecule is CCCCO[C@]1(CC)CC[C@H]2[C@@H]3CCC4CC(O)=CC[C@]4(C)[C@H]3CC[C@@]21C. The number of hydrogen-bond acceptors (Lipinski definition) is 2. The van der Waals surface area contributed by atoms with Crippen molar-refractivity contribution in [2.45, 2.75) is 104 Å². The standard InChI is InChI=1S/C25H42O2/c1-5-7-16-27-25(6-2)15-12-22-20-9-8-18-17-19(26)10-13-23(18,3)21(20)11-14-24(22,25)4/h10,18,20-22,26H,5-9,11-17H2,1-4H3/t18?,20-,21+,22+,23+,24+,25-/m1/s1. The van der Waals surface area contributed by atoms with Crippen LogP contribution < -0.4 is 0 Å². The highest BCUT2D eigenvalue weighted by molar-refractivity contribution is 5.16. The Morgan fingerprint density at radius 2 is 1.85 bits per heavy atom. The predicted octanol–water partition coefficient (Wildman–Crippen LogP) is 7.05. The zero-order chi connectivity index (χ0) is 19.3. The number of aliphatic hydroxyl groups is 1. The first-order valence-electron chi connectivity index (χ1n) is 11.9. The van der Waals surface area contributed by atoms with Gasteiger partial charge < -0.3 is 9.84 Å². The lowest BCUT2D eigenvalue weighted by Gasteiger charge is -2.61. The molecule has 7 atom stereocenters. The summed E-state index contributed by atoms with van der Waals surface area (Å²) in [4.78, 5) is 0. The van der Waals surface area contributed by atoms with Gasteiger partial charge in [-0.3, -0.25) is 0 Å². The van der Waals surface area contributed by atoms with Crippen LogP contribution in [0, 0.1) is 34.5 Å². The molecular weight excluding hydrogens is 332 g/mol. The van der Waals surface area contributed by atoms with Crippen molar-refractivity contribution in [1.82, 2.24) is 0 Å². The molecule has 4 aliphatic carbocycles. The molecule has 1 N–H and O–H groups in total. The van der Waals surface area contributed by atoms with Gasteiger partial charge >= 0.3 is 0 Å². The van der Waals surface area contributed by atoms with Crippen LogP contribution in [0.2, 0.25) is 0 Å². The van der Waals surface area contributed by atoms with E-state index >= 15 is 0 Å². The molecule has 0 aromatic rings. The summed E-state index contributed by atoms with van der Waals surface area (Å²) in [5.41, 5.74) is 0.907. The molecule has 2 heteroatoms. The molecule has 4 aliphatic rings.